The fourth-order valence-corrected chi connectivity index (χ4v) is 1.64. The number of benzene rings is 1. The molecule has 4 nitrogen and oxygen atoms in total. The van der Waals surface area contributed by atoms with Crippen molar-refractivity contribution in [3.05, 3.63) is 59.4 Å². The molecule has 4 heteroatoms. The lowest BCUT2D eigenvalue weighted by Crippen LogP contribution is -2.22. The highest BCUT2D eigenvalue weighted by atomic mass is 16.4. The minimum absolute atomic E-state index is 0.179. The molecule has 0 bridgehead atoms. The van der Waals surface area contributed by atoms with Crippen molar-refractivity contribution in [2.45, 2.75) is 13.5 Å². The number of aromatic nitrogens is 1. The zero-order chi connectivity index (χ0) is 13.0. The quantitative estimate of drug-likeness (QED) is 0.878. The van der Waals surface area contributed by atoms with Crippen molar-refractivity contribution in [3.63, 3.8) is 0 Å². The fraction of sp³-hybridized carbons (Fsp3) is 0.143. The predicted octanol–water partition coefficient (Wildman–Crippen LogP) is 1.37. The SMILES string of the molecule is Cc1ccc(C(=O)[O-])cc1NCc1ccncc1. The number of hydrogen-bond donors (Lipinski definition) is 1. The van der Waals surface area contributed by atoms with Crippen molar-refractivity contribution in [2.24, 2.45) is 0 Å². The summed E-state index contributed by atoms with van der Waals surface area (Å²) >= 11 is 0. The van der Waals surface area contributed by atoms with Crippen molar-refractivity contribution in [1.29, 1.82) is 0 Å². The Morgan fingerprint density at radius 1 is 1.28 bits per heavy atom. The highest BCUT2D eigenvalue weighted by Gasteiger charge is 2.01. The molecule has 18 heavy (non-hydrogen) atoms. The van der Waals surface area contributed by atoms with E-state index in [0.717, 1.165) is 16.8 Å². The molecule has 0 saturated heterocycles. The Kier molecular flexibility index (Phi) is 3.57. The molecule has 1 aromatic heterocycles. The predicted molar refractivity (Wildman–Crippen MR) is 67.1 cm³/mol. The first-order valence-electron chi connectivity index (χ1n) is 5.61. The number of nitrogens with zero attached hydrogens (tertiary/aromatic N) is 1. The first-order valence-corrected chi connectivity index (χ1v) is 5.61. The summed E-state index contributed by atoms with van der Waals surface area (Å²) in [5.74, 6) is -1.16. The van der Waals surface area contributed by atoms with Crippen LogP contribution in [-0.4, -0.2) is 11.0 Å². The summed E-state index contributed by atoms with van der Waals surface area (Å²) in [5.41, 5.74) is 3.06. The molecular formula is C14H13N2O2-. The maximum Gasteiger partial charge on any atom is 0.0716 e. The molecule has 1 heterocycles. The van der Waals surface area contributed by atoms with Gasteiger partial charge in [-0.15, -0.1) is 0 Å². The molecule has 0 atom stereocenters. The molecule has 0 fully saturated rings. The number of carboxylic acid groups (broad SMARTS) is 1. The highest BCUT2D eigenvalue weighted by Crippen LogP contribution is 2.17. The monoisotopic (exact) mass is 241 g/mol. The summed E-state index contributed by atoms with van der Waals surface area (Å²) in [6.45, 7) is 2.55. The van der Waals surface area contributed by atoms with Gasteiger partial charge in [-0.3, -0.25) is 4.98 Å². The molecule has 2 aromatic rings. The second kappa shape index (κ2) is 5.31. The van der Waals surface area contributed by atoms with Gasteiger partial charge in [0, 0.05) is 24.6 Å². The van der Waals surface area contributed by atoms with E-state index in [4.69, 9.17) is 0 Å². The number of rotatable bonds is 4. The van der Waals surface area contributed by atoms with Crippen LogP contribution in [0.5, 0.6) is 0 Å². The number of aryl methyl sites for hydroxylation is 1. The normalized spacial score (nSPS) is 10.1. The molecule has 0 aliphatic heterocycles. The molecule has 0 saturated carbocycles. The third-order valence-electron chi connectivity index (χ3n) is 2.71. The van der Waals surface area contributed by atoms with Gasteiger partial charge in [0.25, 0.3) is 0 Å². The van der Waals surface area contributed by atoms with Gasteiger partial charge in [-0.05, 0) is 41.8 Å². The van der Waals surface area contributed by atoms with E-state index in [2.05, 4.69) is 10.3 Å². The molecule has 1 N–H and O–H groups in total. The number of nitrogens with one attached hydrogen (secondary N) is 1. The standard InChI is InChI=1S/C14H14N2O2/c1-10-2-3-12(14(17)18)8-13(10)16-9-11-4-6-15-7-5-11/h2-8,16H,9H2,1H3,(H,17,18)/p-1. The van der Waals surface area contributed by atoms with Crippen molar-refractivity contribution >= 4 is 11.7 Å². The average Bonchev–Trinajstić information content (AvgIpc) is 2.38. The molecular weight excluding hydrogens is 228 g/mol. The molecule has 0 spiro atoms. The fourth-order valence-electron chi connectivity index (χ4n) is 1.64. The largest absolute Gasteiger partial charge is 0.545 e. The number of carbonyl (C=O) groups is 1. The van der Waals surface area contributed by atoms with E-state index in [-0.39, 0.29) is 5.56 Å². The van der Waals surface area contributed by atoms with Gasteiger partial charge < -0.3 is 15.2 Å². The Hall–Kier alpha value is -2.36. The van der Waals surface area contributed by atoms with Crippen LogP contribution in [0.15, 0.2) is 42.7 Å². The van der Waals surface area contributed by atoms with Crippen LogP contribution < -0.4 is 10.4 Å². The van der Waals surface area contributed by atoms with Gasteiger partial charge >= 0.3 is 0 Å². The van der Waals surface area contributed by atoms with Gasteiger partial charge in [-0.2, -0.15) is 0 Å². The zero-order valence-corrected chi connectivity index (χ0v) is 10.0. The van der Waals surface area contributed by atoms with Crippen LogP contribution in [-0.2, 0) is 6.54 Å². The van der Waals surface area contributed by atoms with Crippen LogP contribution in [0.2, 0.25) is 0 Å². The Balaban J connectivity index is 2.14. The first-order chi connectivity index (χ1) is 8.66. The summed E-state index contributed by atoms with van der Waals surface area (Å²) < 4.78 is 0. The minimum atomic E-state index is -1.16. The van der Waals surface area contributed by atoms with Crippen LogP contribution in [0, 0.1) is 6.92 Å². The Labute approximate surface area is 105 Å². The lowest BCUT2D eigenvalue weighted by Gasteiger charge is -2.12. The number of hydrogen-bond acceptors (Lipinski definition) is 4. The maximum atomic E-state index is 10.8. The van der Waals surface area contributed by atoms with Crippen LogP contribution in [0.3, 0.4) is 0 Å². The molecule has 1 aromatic carbocycles. The molecule has 0 unspecified atom stereocenters. The van der Waals surface area contributed by atoms with Crippen molar-refractivity contribution in [1.82, 2.24) is 4.98 Å². The summed E-state index contributed by atoms with van der Waals surface area (Å²) in [6, 6.07) is 8.71. The van der Waals surface area contributed by atoms with Crippen molar-refractivity contribution in [2.75, 3.05) is 5.32 Å². The lowest BCUT2D eigenvalue weighted by atomic mass is 10.1. The van der Waals surface area contributed by atoms with Gasteiger partial charge in [-0.1, -0.05) is 12.1 Å². The summed E-state index contributed by atoms with van der Waals surface area (Å²) in [5, 5.41) is 14.0. The van der Waals surface area contributed by atoms with Gasteiger partial charge in [0.15, 0.2) is 0 Å². The smallest absolute Gasteiger partial charge is 0.0716 e. The molecule has 0 aliphatic rings. The van der Waals surface area contributed by atoms with Gasteiger partial charge in [0.1, 0.15) is 0 Å². The van der Waals surface area contributed by atoms with Gasteiger partial charge in [0.2, 0.25) is 0 Å². The Morgan fingerprint density at radius 3 is 2.67 bits per heavy atom. The molecule has 0 radical (unpaired) electrons. The second-order valence-electron chi connectivity index (χ2n) is 4.03. The number of aromatic carboxylic acids is 1. The van der Waals surface area contributed by atoms with E-state index in [9.17, 15) is 9.90 Å². The van der Waals surface area contributed by atoms with E-state index in [1.165, 1.54) is 0 Å². The van der Waals surface area contributed by atoms with Crippen molar-refractivity contribution < 1.29 is 9.90 Å². The number of carboxylic acids is 1. The molecule has 2 rings (SSSR count). The van der Waals surface area contributed by atoms with Crippen LogP contribution in [0.1, 0.15) is 21.5 Å². The topological polar surface area (TPSA) is 65.0 Å². The summed E-state index contributed by atoms with van der Waals surface area (Å²) in [7, 11) is 0. The van der Waals surface area contributed by atoms with Gasteiger partial charge in [0.05, 0.1) is 5.97 Å². The number of anilines is 1. The molecule has 0 amide bonds. The van der Waals surface area contributed by atoms with E-state index in [0.29, 0.717) is 6.54 Å². The Bertz CT molecular complexity index is 553. The third kappa shape index (κ3) is 2.85. The molecule has 92 valence electrons. The van der Waals surface area contributed by atoms with Crippen LogP contribution >= 0.6 is 0 Å². The van der Waals surface area contributed by atoms with E-state index >= 15 is 0 Å². The Morgan fingerprint density at radius 2 is 2.00 bits per heavy atom. The van der Waals surface area contributed by atoms with Crippen LogP contribution in [0.4, 0.5) is 5.69 Å². The van der Waals surface area contributed by atoms with E-state index < -0.39 is 5.97 Å². The number of carbonyl (C=O) groups excluding carboxylic acids is 1. The van der Waals surface area contributed by atoms with E-state index in [1.54, 1.807) is 30.6 Å². The van der Waals surface area contributed by atoms with E-state index in [1.807, 2.05) is 19.1 Å². The average molecular weight is 241 g/mol. The summed E-state index contributed by atoms with van der Waals surface area (Å²) in [6.07, 6.45) is 3.45. The first kappa shape index (κ1) is 12.1. The number of pyridine rings is 1. The molecule has 0 aliphatic carbocycles. The maximum absolute atomic E-state index is 10.8. The lowest BCUT2D eigenvalue weighted by molar-refractivity contribution is -0.255. The second-order valence-corrected chi connectivity index (χ2v) is 4.03. The highest BCUT2D eigenvalue weighted by molar-refractivity contribution is 5.87. The minimum Gasteiger partial charge on any atom is -0.545 e. The summed E-state index contributed by atoms with van der Waals surface area (Å²) in [4.78, 5) is 14.7. The van der Waals surface area contributed by atoms with Crippen LogP contribution in [0.25, 0.3) is 0 Å². The third-order valence-corrected chi connectivity index (χ3v) is 2.71. The van der Waals surface area contributed by atoms with Crippen molar-refractivity contribution in [3.8, 4) is 0 Å². The zero-order valence-electron chi connectivity index (χ0n) is 10.0. The van der Waals surface area contributed by atoms with Gasteiger partial charge in [-0.25, -0.2) is 0 Å².